The second-order valence-electron chi connectivity index (χ2n) is 12.1. The summed E-state index contributed by atoms with van der Waals surface area (Å²) in [4.78, 5) is 25.2. The minimum atomic E-state index is -3.28. The normalized spacial score (nSPS) is 11.2. The molecular formula is C36H57NO6S. The highest BCUT2D eigenvalue weighted by Crippen LogP contribution is 2.15. The summed E-state index contributed by atoms with van der Waals surface area (Å²) in [5.41, 5.74) is 0.582. The lowest BCUT2D eigenvalue weighted by Gasteiger charge is -2.10. The molecule has 0 fully saturated rings. The molecule has 0 atom stereocenters. The molecule has 0 radical (unpaired) electrons. The number of carbonyl (C=O) groups excluding carboxylic acids is 2. The maximum atomic E-state index is 12.4. The second-order valence-corrected chi connectivity index (χ2v) is 13.8. The number of sulfonamides is 1. The van der Waals surface area contributed by atoms with Gasteiger partial charge in [-0.2, -0.15) is 0 Å². The van der Waals surface area contributed by atoms with Gasteiger partial charge in [0.1, 0.15) is 0 Å². The van der Waals surface area contributed by atoms with Gasteiger partial charge in [0.05, 0.1) is 29.2 Å². The molecule has 0 saturated heterocycles. The molecule has 2 aromatic rings. The van der Waals surface area contributed by atoms with Gasteiger partial charge in [-0.25, -0.2) is 22.7 Å². The molecule has 1 N–H and O–H groups in total. The summed E-state index contributed by atoms with van der Waals surface area (Å²) in [5, 5.41) is 0. The molecule has 0 amide bonds. The van der Waals surface area contributed by atoms with E-state index in [2.05, 4.69) is 32.4 Å². The Hall–Kier alpha value is -2.71. The number of hydrogen-bond acceptors (Lipinski definition) is 6. The maximum absolute atomic E-state index is 12.4. The summed E-state index contributed by atoms with van der Waals surface area (Å²) >= 11 is 0. The monoisotopic (exact) mass is 631 g/mol. The van der Waals surface area contributed by atoms with E-state index in [1.54, 1.807) is 54.6 Å². The predicted molar refractivity (Wildman–Crippen MR) is 179 cm³/mol. The van der Waals surface area contributed by atoms with Crippen molar-refractivity contribution in [3.8, 4) is 0 Å². The van der Waals surface area contributed by atoms with Crippen LogP contribution in [0.25, 0.3) is 0 Å². The van der Waals surface area contributed by atoms with Gasteiger partial charge in [0.15, 0.2) is 0 Å². The number of nitrogens with one attached hydrogen (secondary N) is 1. The maximum Gasteiger partial charge on any atom is 0.339 e. The molecule has 0 aliphatic heterocycles. The molecule has 248 valence electrons. The molecule has 0 saturated carbocycles. The van der Waals surface area contributed by atoms with Crippen LogP contribution in [0, 0.1) is 11.8 Å². The van der Waals surface area contributed by atoms with Crippen molar-refractivity contribution in [2.24, 2.45) is 11.8 Å². The van der Waals surface area contributed by atoms with Gasteiger partial charge in [0.2, 0.25) is 10.0 Å². The summed E-state index contributed by atoms with van der Waals surface area (Å²) in [6, 6.07) is 15.2. The largest absolute Gasteiger partial charge is 0.462 e. The molecule has 0 aromatic heterocycles. The topological polar surface area (TPSA) is 98.8 Å². The average Bonchev–Trinajstić information content (AvgIpc) is 3.00. The number of rotatable bonds is 21. The van der Waals surface area contributed by atoms with Crippen LogP contribution in [0.15, 0.2) is 59.5 Å². The van der Waals surface area contributed by atoms with Gasteiger partial charge in [-0.3, -0.25) is 0 Å². The van der Waals surface area contributed by atoms with Gasteiger partial charge in [-0.1, -0.05) is 123 Å². The van der Waals surface area contributed by atoms with Crippen molar-refractivity contribution >= 4 is 22.0 Å². The molecule has 0 aliphatic carbocycles. The fourth-order valence-corrected chi connectivity index (χ4v) is 5.50. The van der Waals surface area contributed by atoms with Crippen LogP contribution in [-0.2, 0) is 19.5 Å². The minimum Gasteiger partial charge on any atom is -0.462 e. The van der Waals surface area contributed by atoms with Gasteiger partial charge in [0.25, 0.3) is 0 Å². The van der Waals surface area contributed by atoms with Crippen molar-refractivity contribution in [3.05, 3.63) is 65.7 Å². The highest BCUT2D eigenvalue weighted by atomic mass is 32.2. The smallest absolute Gasteiger partial charge is 0.339 e. The number of ether oxygens (including phenoxy) is 2. The first-order valence-corrected chi connectivity index (χ1v) is 18.0. The van der Waals surface area contributed by atoms with Crippen molar-refractivity contribution in [1.82, 2.24) is 4.72 Å². The van der Waals surface area contributed by atoms with E-state index in [0.717, 1.165) is 63.2 Å². The van der Waals surface area contributed by atoms with Gasteiger partial charge in [0, 0.05) is 6.54 Å². The first kappa shape index (κ1) is 39.3. The van der Waals surface area contributed by atoms with E-state index in [0.29, 0.717) is 35.8 Å². The molecular weight excluding hydrogens is 574 g/mol. The summed E-state index contributed by atoms with van der Waals surface area (Å²) in [6.45, 7) is 12.2. The molecule has 0 aliphatic rings. The molecule has 2 rings (SSSR count). The predicted octanol–water partition coefficient (Wildman–Crippen LogP) is 8.98. The Kier molecular flexibility index (Phi) is 21.1. The van der Waals surface area contributed by atoms with Crippen LogP contribution in [0.3, 0.4) is 0 Å². The van der Waals surface area contributed by atoms with Crippen LogP contribution in [0.1, 0.15) is 132 Å². The SMILES string of the molecule is CC(C)CCCCCCOC(=O)c1ccccc1C(=O)OCCCCCCC(C)C.CCCCNS(=O)(=O)c1ccccc1. The zero-order valence-corrected chi connectivity index (χ0v) is 28.6. The van der Waals surface area contributed by atoms with Crippen molar-refractivity contribution in [1.29, 1.82) is 0 Å². The Labute approximate surface area is 267 Å². The van der Waals surface area contributed by atoms with Crippen LogP contribution in [0.5, 0.6) is 0 Å². The first-order chi connectivity index (χ1) is 21.1. The molecule has 44 heavy (non-hydrogen) atoms. The van der Waals surface area contributed by atoms with E-state index in [1.165, 1.54) is 25.7 Å². The summed E-state index contributed by atoms with van der Waals surface area (Å²) < 4.78 is 36.5. The van der Waals surface area contributed by atoms with E-state index in [1.807, 2.05) is 6.92 Å². The highest BCUT2D eigenvalue weighted by molar-refractivity contribution is 7.89. The van der Waals surface area contributed by atoms with E-state index in [9.17, 15) is 18.0 Å². The molecule has 0 spiro atoms. The standard InChI is InChI=1S/C26H42O4.C10H15NO2S/c1-21(2)15-9-5-7-13-19-29-25(27)23-17-11-12-18-24(23)26(28)30-20-14-8-6-10-16-22(3)4;1-2-3-9-11-14(12,13)10-7-5-4-6-8-10/h11-12,17-18,21-22H,5-10,13-16,19-20H2,1-4H3;4-8,11H,2-3,9H2,1H3. The van der Waals surface area contributed by atoms with E-state index in [-0.39, 0.29) is 0 Å². The highest BCUT2D eigenvalue weighted by Gasteiger charge is 2.19. The lowest BCUT2D eigenvalue weighted by atomic mass is 10.0. The fourth-order valence-electron chi connectivity index (χ4n) is 4.41. The summed E-state index contributed by atoms with van der Waals surface area (Å²) in [5.74, 6) is 0.588. The third kappa shape index (κ3) is 18.2. The number of benzene rings is 2. The van der Waals surface area contributed by atoms with E-state index >= 15 is 0 Å². The van der Waals surface area contributed by atoms with Crippen molar-refractivity contribution in [3.63, 3.8) is 0 Å². The Morgan fingerprint density at radius 1 is 0.636 bits per heavy atom. The summed E-state index contributed by atoms with van der Waals surface area (Å²) in [6.07, 6.45) is 12.9. The molecule has 8 heteroatoms. The van der Waals surface area contributed by atoms with Crippen molar-refractivity contribution in [2.75, 3.05) is 19.8 Å². The first-order valence-electron chi connectivity index (χ1n) is 16.6. The number of carbonyl (C=O) groups is 2. The Morgan fingerprint density at radius 2 is 1.07 bits per heavy atom. The summed E-state index contributed by atoms with van der Waals surface area (Å²) in [7, 11) is -3.28. The Morgan fingerprint density at radius 3 is 1.50 bits per heavy atom. The van der Waals surface area contributed by atoms with Crippen LogP contribution >= 0.6 is 0 Å². The molecule has 2 aromatic carbocycles. The van der Waals surface area contributed by atoms with Gasteiger partial charge >= 0.3 is 11.9 Å². The van der Waals surface area contributed by atoms with Crippen LogP contribution in [0.2, 0.25) is 0 Å². The lowest BCUT2D eigenvalue weighted by molar-refractivity contribution is 0.0450. The Balaban J connectivity index is 0.000000574. The molecule has 0 bridgehead atoms. The third-order valence-electron chi connectivity index (χ3n) is 7.06. The quantitative estimate of drug-likeness (QED) is 0.109. The second kappa shape index (κ2) is 23.6. The van der Waals surface area contributed by atoms with Gasteiger partial charge < -0.3 is 9.47 Å². The molecule has 0 unspecified atom stereocenters. The van der Waals surface area contributed by atoms with Crippen LogP contribution in [-0.4, -0.2) is 40.1 Å². The van der Waals surface area contributed by atoms with Crippen molar-refractivity contribution < 1.29 is 27.5 Å². The van der Waals surface area contributed by atoms with Gasteiger partial charge in [-0.15, -0.1) is 0 Å². The van der Waals surface area contributed by atoms with Crippen molar-refractivity contribution in [2.45, 2.75) is 117 Å². The minimum absolute atomic E-state index is 0.291. The lowest BCUT2D eigenvalue weighted by Crippen LogP contribution is -2.24. The average molecular weight is 632 g/mol. The van der Waals surface area contributed by atoms with E-state index < -0.39 is 22.0 Å². The zero-order valence-electron chi connectivity index (χ0n) is 27.8. The van der Waals surface area contributed by atoms with Gasteiger partial charge in [-0.05, 0) is 55.4 Å². The van der Waals surface area contributed by atoms with E-state index in [4.69, 9.17) is 9.47 Å². The zero-order chi connectivity index (χ0) is 32.6. The third-order valence-corrected chi connectivity index (χ3v) is 8.54. The fraction of sp³-hybridized carbons (Fsp3) is 0.611. The molecule has 0 heterocycles. The number of unbranched alkanes of at least 4 members (excludes halogenated alkanes) is 7. The van der Waals surface area contributed by atoms with Crippen LogP contribution < -0.4 is 4.72 Å². The molecule has 7 nitrogen and oxygen atoms in total. The number of esters is 2. The Bertz CT molecular complexity index is 1100. The number of hydrogen-bond donors (Lipinski definition) is 1. The van der Waals surface area contributed by atoms with Crippen LogP contribution in [0.4, 0.5) is 0 Å².